The van der Waals surface area contributed by atoms with Crippen LogP contribution in [0, 0.1) is 6.92 Å². The number of rotatable bonds is 4. The Morgan fingerprint density at radius 3 is 2.43 bits per heavy atom. The van der Waals surface area contributed by atoms with Crippen LogP contribution in [0.25, 0.3) is 11.3 Å². The van der Waals surface area contributed by atoms with Gasteiger partial charge >= 0.3 is 0 Å². The first-order valence-corrected chi connectivity index (χ1v) is 10.6. The van der Waals surface area contributed by atoms with E-state index in [1.165, 1.54) is 5.56 Å². The van der Waals surface area contributed by atoms with Gasteiger partial charge in [-0.1, -0.05) is 24.3 Å². The number of halogens is 1. The lowest BCUT2D eigenvalue weighted by atomic mass is 10.1. The third kappa shape index (κ3) is 4.16. The molecule has 1 saturated heterocycles. The van der Waals surface area contributed by atoms with Gasteiger partial charge in [0.05, 0.1) is 18.4 Å². The van der Waals surface area contributed by atoms with E-state index in [1.807, 2.05) is 41.3 Å². The predicted molar refractivity (Wildman–Crippen MR) is 121 cm³/mol. The maximum Gasteiger partial charge on any atom is 0.255 e. The Morgan fingerprint density at radius 1 is 1.00 bits per heavy atom. The number of ether oxygens (including phenoxy) is 1. The fraction of sp³-hybridized carbons (Fsp3) is 0.261. The summed E-state index contributed by atoms with van der Waals surface area (Å²) >= 11 is 3.47. The minimum Gasteiger partial charge on any atom is -0.497 e. The Bertz CT molecular complexity index is 1050. The average molecular weight is 467 g/mol. The van der Waals surface area contributed by atoms with Gasteiger partial charge in [-0.05, 0) is 58.7 Å². The number of nitrogens with zero attached hydrogens (tertiary/aromatic N) is 4. The minimum absolute atomic E-state index is 0.00131. The van der Waals surface area contributed by atoms with Crippen molar-refractivity contribution in [2.75, 3.05) is 38.2 Å². The summed E-state index contributed by atoms with van der Waals surface area (Å²) in [4.78, 5) is 17.0. The number of aromatic nitrogens is 2. The monoisotopic (exact) mass is 466 g/mol. The summed E-state index contributed by atoms with van der Waals surface area (Å²) in [5, 5.41) is 8.86. The van der Waals surface area contributed by atoms with Crippen LogP contribution in [-0.2, 0) is 0 Å². The number of amides is 1. The lowest BCUT2D eigenvalue weighted by Crippen LogP contribution is -2.49. The molecule has 0 radical (unpaired) electrons. The van der Waals surface area contributed by atoms with Gasteiger partial charge in [0.2, 0.25) is 0 Å². The highest BCUT2D eigenvalue weighted by molar-refractivity contribution is 9.10. The summed E-state index contributed by atoms with van der Waals surface area (Å²) in [6, 6.07) is 17.6. The first-order valence-electron chi connectivity index (χ1n) is 9.84. The van der Waals surface area contributed by atoms with E-state index in [1.54, 1.807) is 13.2 Å². The van der Waals surface area contributed by atoms with Crippen molar-refractivity contribution in [1.29, 1.82) is 0 Å². The van der Waals surface area contributed by atoms with Crippen molar-refractivity contribution in [2.24, 2.45) is 0 Å². The number of aryl methyl sites for hydroxylation is 1. The lowest BCUT2D eigenvalue weighted by Gasteiger charge is -2.35. The lowest BCUT2D eigenvalue weighted by molar-refractivity contribution is 0.0745. The van der Waals surface area contributed by atoms with Crippen LogP contribution in [-0.4, -0.2) is 54.3 Å². The second-order valence-electron chi connectivity index (χ2n) is 7.22. The maximum atomic E-state index is 13.0. The molecule has 0 aliphatic carbocycles. The molecule has 0 N–H and O–H groups in total. The first-order chi connectivity index (χ1) is 14.6. The maximum absolute atomic E-state index is 13.0. The van der Waals surface area contributed by atoms with E-state index in [9.17, 15) is 4.79 Å². The highest BCUT2D eigenvalue weighted by Crippen LogP contribution is 2.25. The number of hydrogen-bond donors (Lipinski definition) is 0. The van der Waals surface area contributed by atoms with Gasteiger partial charge in [-0.15, -0.1) is 10.2 Å². The van der Waals surface area contributed by atoms with Gasteiger partial charge in [0.15, 0.2) is 5.82 Å². The molecule has 2 heterocycles. The van der Waals surface area contributed by atoms with Crippen molar-refractivity contribution in [2.45, 2.75) is 6.92 Å². The largest absolute Gasteiger partial charge is 0.497 e. The van der Waals surface area contributed by atoms with Crippen LogP contribution in [0.3, 0.4) is 0 Å². The molecule has 1 amide bonds. The van der Waals surface area contributed by atoms with Crippen molar-refractivity contribution in [1.82, 2.24) is 15.1 Å². The second-order valence-corrected chi connectivity index (χ2v) is 8.07. The second kappa shape index (κ2) is 8.83. The molecule has 3 aromatic rings. The molecule has 0 spiro atoms. The van der Waals surface area contributed by atoms with Crippen LogP contribution in [0.4, 0.5) is 5.82 Å². The number of hydrogen-bond acceptors (Lipinski definition) is 5. The molecule has 1 aromatic heterocycles. The number of anilines is 1. The Kier molecular flexibility index (Phi) is 5.99. The zero-order valence-corrected chi connectivity index (χ0v) is 18.6. The average Bonchev–Trinajstić information content (AvgIpc) is 2.79. The molecule has 0 bridgehead atoms. The molecule has 30 heavy (non-hydrogen) atoms. The normalized spacial score (nSPS) is 14.0. The van der Waals surface area contributed by atoms with Gasteiger partial charge < -0.3 is 14.5 Å². The zero-order chi connectivity index (χ0) is 21.1. The van der Waals surface area contributed by atoms with Crippen LogP contribution in [0.2, 0.25) is 0 Å². The van der Waals surface area contributed by atoms with E-state index in [0.717, 1.165) is 21.5 Å². The highest BCUT2D eigenvalue weighted by atomic mass is 79.9. The Balaban J connectivity index is 1.42. The molecule has 1 aliphatic rings. The van der Waals surface area contributed by atoms with Gasteiger partial charge in [-0.25, -0.2) is 0 Å². The van der Waals surface area contributed by atoms with Gasteiger partial charge in [-0.3, -0.25) is 4.79 Å². The van der Waals surface area contributed by atoms with Crippen molar-refractivity contribution in [3.8, 4) is 17.0 Å². The van der Waals surface area contributed by atoms with Crippen LogP contribution in [0.5, 0.6) is 5.75 Å². The standard InChI is InChI=1S/C23H23BrN4O2/c1-16-5-3-4-6-18(16)21-9-10-22(26-25-21)27-11-13-28(14-12-27)23(29)19-15-17(30-2)7-8-20(19)24/h3-10,15H,11-14H2,1-2H3. The predicted octanol–water partition coefficient (Wildman–Crippen LogP) is 4.19. The number of methoxy groups -OCH3 is 1. The molecule has 6 nitrogen and oxygen atoms in total. The molecule has 7 heteroatoms. The minimum atomic E-state index is 0.00131. The topological polar surface area (TPSA) is 58.6 Å². The van der Waals surface area contributed by atoms with Gasteiger partial charge in [0.1, 0.15) is 5.75 Å². The third-order valence-corrected chi connectivity index (χ3v) is 6.06. The first kappa shape index (κ1) is 20.3. The van der Waals surface area contributed by atoms with Crippen LogP contribution in [0.1, 0.15) is 15.9 Å². The van der Waals surface area contributed by atoms with E-state index >= 15 is 0 Å². The fourth-order valence-corrected chi connectivity index (χ4v) is 4.02. The number of piperazine rings is 1. The van der Waals surface area contributed by atoms with Crippen molar-refractivity contribution < 1.29 is 9.53 Å². The molecular weight excluding hydrogens is 444 g/mol. The molecule has 2 aromatic carbocycles. The molecule has 1 fully saturated rings. The molecule has 1 aliphatic heterocycles. The Morgan fingerprint density at radius 2 is 1.77 bits per heavy atom. The molecule has 0 saturated carbocycles. The van der Waals surface area contributed by atoms with Crippen molar-refractivity contribution in [3.05, 3.63) is 70.2 Å². The molecule has 0 atom stereocenters. The van der Waals surface area contributed by atoms with Crippen molar-refractivity contribution >= 4 is 27.7 Å². The van der Waals surface area contributed by atoms with E-state index < -0.39 is 0 Å². The van der Waals surface area contributed by atoms with Crippen molar-refractivity contribution in [3.63, 3.8) is 0 Å². The number of benzene rings is 2. The smallest absolute Gasteiger partial charge is 0.255 e. The Hall–Kier alpha value is -2.93. The van der Waals surface area contributed by atoms with Crippen LogP contribution in [0.15, 0.2) is 59.1 Å². The molecule has 0 unspecified atom stereocenters. The number of carbonyl (C=O) groups is 1. The quantitative estimate of drug-likeness (QED) is 0.576. The molecule has 4 rings (SSSR count). The van der Waals surface area contributed by atoms with E-state index in [2.05, 4.69) is 50.1 Å². The van der Waals surface area contributed by atoms with E-state index in [0.29, 0.717) is 37.5 Å². The van der Waals surface area contributed by atoms with Gasteiger partial charge in [0.25, 0.3) is 5.91 Å². The highest BCUT2D eigenvalue weighted by Gasteiger charge is 2.24. The van der Waals surface area contributed by atoms with Gasteiger partial charge in [0, 0.05) is 36.2 Å². The summed E-state index contributed by atoms with van der Waals surface area (Å²) in [6.07, 6.45) is 0. The number of carbonyl (C=O) groups excluding carboxylic acids is 1. The van der Waals surface area contributed by atoms with Gasteiger partial charge in [-0.2, -0.15) is 0 Å². The van der Waals surface area contributed by atoms with Crippen LogP contribution >= 0.6 is 15.9 Å². The zero-order valence-electron chi connectivity index (χ0n) is 17.0. The molecule has 154 valence electrons. The summed E-state index contributed by atoms with van der Waals surface area (Å²) in [7, 11) is 1.60. The molecular formula is C23H23BrN4O2. The summed E-state index contributed by atoms with van der Waals surface area (Å²) in [6.45, 7) is 4.76. The van der Waals surface area contributed by atoms with E-state index in [-0.39, 0.29) is 5.91 Å². The summed E-state index contributed by atoms with van der Waals surface area (Å²) in [5.41, 5.74) is 3.75. The SMILES string of the molecule is COc1ccc(Br)c(C(=O)N2CCN(c3ccc(-c4ccccc4C)nn3)CC2)c1. The fourth-order valence-electron chi connectivity index (χ4n) is 3.60. The summed E-state index contributed by atoms with van der Waals surface area (Å²) in [5.74, 6) is 1.51. The Labute approximate surface area is 184 Å². The summed E-state index contributed by atoms with van der Waals surface area (Å²) < 4.78 is 6.03. The van der Waals surface area contributed by atoms with Crippen LogP contribution < -0.4 is 9.64 Å². The third-order valence-electron chi connectivity index (χ3n) is 5.37. The van der Waals surface area contributed by atoms with E-state index in [4.69, 9.17) is 4.74 Å².